The lowest BCUT2D eigenvalue weighted by atomic mass is 10.1. The third-order valence-electron chi connectivity index (χ3n) is 3.69. The summed E-state index contributed by atoms with van der Waals surface area (Å²) in [6.07, 6.45) is 2.24. The van der Waals surface area contributed by atoms with Crippen LogP contribution in [0.1, 0.15) is 21.6 Å². The number of rotatable bonds is 6. The predicted octanol–water partition coefficient (Wildman–Crippen LogP) is 3.22. The van der Waals surface area contributed by atoms with Gasteiger partial charge in [-0.2, -0.15) is 0 Å². The molecule has 24 heavy (non-hydrogen) atoms. The monoisotopic (exact) mass is 326 g/mol. The molecule has 0 bridgehead atoms. The standard InChI is InChI=1S/C18H18N2O4/c1-12-16(17(24-20-12)15-4-3-11-23-15)18(21)19-10-9-13-5-7-14(22-2)8-6-13/h3-8,11H,9-10H2,1-2H3,(H,19,21). The number of nitrogens with zero attached hydrogens (tertiary/aromatic N) is 1. The largest absolute Gasteiger partial charge is 0.497 e. The Morgan fingerprint density at radius 2 is 2.04 bits per heavy atom. The van der Waals surface area contributed by atoms with Crippen molar-refractivity contribution in [3.05, 3.63) is 59.5 Å². The van der Waals surface area contributed by atoms with Crippen LogP contribution in [0.25, 0.3) is 11.5 Å². The molecule has 0 saturated heterocycles. The molecule has 1 amide bonds. The zero-order valence-corrected chi connectivity index (χ0v) is 13.5. The van der Waals surface area contributed by atoms with E-state index in [4.69, 9.17) is 13.7 Å². The molecule has 0 unspecified atom stereocenters. The van der Waals surface area contributed by atoms with Crippen LogP contribution >= 0.6 is 0 Å². The van der Waals surface area contributed by atoms with Crippen LogP contribution in [-0.4, -0.2) is 24.7 Å². The van der Waals surface area contributed by atoms with Crippen LogP contribution in [0.5, 0.6) is 5.75 Å². The molecule has 0 aliphatic heterocycles. The highest BCUT2D eigenvalue weighted by atomic mass is 16.5. The van der Waals surface area contributed by atoms with Crippen LogP contribution < -0.4 is 10.1 Å². The van der Waals surface area contributed by atoms with Crippen LogP contribution in [0, 0.1) is 6.92 Å². The molecule has 0 fully saturated rings. The van der Waals surface area contributed by atoms with Crippen molar-refractivity contribution in [1.82, 2.24) is 10.5 Å². The van der Waals surface area contributed by atoms with Crippen molar-refractivity contribution in [2.45, 2.75) is 13.3 Å². The summed E-state index contributed by atoms with van der Waals surface area (Å²) in [7, 11) is 1.63. The minimum absolute atomic E-state index is 0.228. The van der Waals surface area contributed by atoms with Crippen LogP contribution in [-0.2, 0) is 6.42 Å². The number of hydrogen-bond donors (Lipinski definition) is 1. The molecule has 0 aliphatic rings. The molecule has 0 saturated carbocycles. The number of carbonyl (C=O) groups excluding carboxylic acids is 1. The van der Waals surface area contributed by atoms with Gasteiger partial charge < -0.3 is 19.0 Å². The van der Waals surface area contributed by atoms with Gasteiger partial charge in [-0.05, 0) is 43.2 Å². The van der Waals surface area contributed by atoms with Crippen molar-refractivity contribution in [2.75, 3.05) is 13.7 Å². The zero-order chi connectivity index (χ0) is 16.9. The first kappa shape index (κ1) is 15.9. The van der Waals surface area contributed by atoms with E-state index in [0.717, 1.165) is 17.7 Å². The summed E-state index contributed by atoms with van der Waals surface area (Å²) < 4.78 is 15.7. The lowest BCUT2D eigenvalue weighted by Gasteiger charge is -2.06. The van der Waals surface area contributed by atoms with Crippen LogP contribution in [0.15, 0.2) is 51.6 Å². The van der Waals surface area contributed by atoms with E-state index >= 15 is 0 Å². The summed E-state index contributed by atoms with van der Waals surface area (Å²) in [5, 5.41) is 6.76. The molecule has 0 spiro atoms. The van der Waals surface area contributed by atoms with E-state index in [2.05, 4.69) is 10.5 Å². The summed E-state index contributed by atoms with van der Waals surface area (Å²) in [6.45, 7) is 2.24. The molecule has 2 aromatic heterocycles. The van der Waals surface area contributed by atoms with Gasteiger partial charge in [-0.3, -0.25) is 4.79 Å². The number of nitrogens with one attached hydrogen (secondary N) is 1. The molecule has 124 valence electrons. The first-order valence-electron chi connectivity index (χ1n) is 7.60. The molecule has 0 atom stereocenters. The van der Waals surface area contributed by atoms with E-state index < -0.39 is 0 Å². The Morgan fingerprint density at radius 3 is 2.71 bits per heavy atom. The van der Waals surface area contributed by atoms with Gasteiger partial charge in [-0.25, -0.2) is 0 Å². The highest BCUT2D eigenvalue weighted by Crippen LogP contribution is 2.26. The van der Waals surface area contributed by atoms with E-state index in [0.29, 0.717) is 29.3 Å². The Kier molecular flexibility index (Phi) is 4.65. The Hall–Kier alpha value is -3.02. The van der Waals surface area contributed by atoms with Gasteiger partial charge in [0, 0.05) is 6.54 Å². The maximum Gasteiger partial charge on any atom is 0.257 e. The molecule has 3 rings (SSSR count). The molecule has 2 heterocycles. The Morgan fingerprint density at radius 1 is 1.25 bits per heavy atom. The smallest absolute Gasteiger partial charge is 0.257 e. The minimum atomic E-state index is -0.228. The summed E-state index contributed by atoms with van der Waals surface area (Å²) >= 11 is 0. The van der Waals surface area contributed by atoms with Gasteiger partial charge in [0.2, 0.25) is 5.76 Å². The molecular weight excluding hydrogens is 308 g/mol. The van der Waals surface area contributed by atoms with Crippen LogP contribution in [0.2, 0.25) is 0 Å². The molecule has 3 aromatic rings. The van der Waals surface area contributed by atoms with Gasteiger partial charge in [0.05, 0.1) is 19.1 Å². The fourth-order valence-corrected chi connectivity index (χ4v) is 2.41. The number of carbonyl (C=O) groups is 1. The number of benzene rings is 1. The molecule has 0 radical (unpaired) electrons. The van der Waals surface area contributed by atoms with Crippen molar-refractivity contribution in [3.63, 3.8) is 0 Å². The fraction of sp³-hybridized carbons (Fsp3) is 0.222. The maximum atomic E-state index is 12.5. The molecule has 1 aromatic carbocycles. The van der Waals surface area contributed by atoms with E-state index in [1.807, 2.05) is 24.3 Å². The highest BCUT2D eigenvalue weighted by Gasteiger charge is 2.23. The number of aryl methyl sites for hydroxylation is 1. The Bertz CT molecular complexity index is 804. The summed E-state index contributed by atoms with van der Waals surface area (Å²) in [5.41, 5.74) is 2.05. The lowest BCUT2D eigenvalue weighted by Crippen LogP contribution is -2.26. The van der Waals surface area contributed by atoms with Crippen molar-refractivity contribution in [1.29, 1.82) is 0 Å². The maximum absolute atomic E-state index is 12.5. The number of aromatic nitrogens is 1. The van der Waals surface area contributed by atoms with Gasteiger partial charge in [-0.1, -0.05) is 17.3 Å². The SMILES string of the molecule is COc1ccc(CCNC(=O)c2c(C)noc2-c2ccco2)cc1. The third kappa shape index (κ3) is 3.32. The predicted molar refractivity (Wildman–Crippen MR) is 88.0 cm³/mol. The highest BCUT2D eigenvalue weighted by molar-refractivity contribution is 6.00. The molecule has 6 heteroatoms. The molecule has 6 nitrogen and oxygen atoms in total. The average Bonchev–Trinajstić information content (AvgIpc) is 3.24. The minimum Gasteiger partial charge on any atom is -0.497 e. The van der Waals surface area contributed by atoms with Crippen LogP contribution in [0.3, 0.4) is 0 Å². The van der Waals surface area contributed by atoms with Crippen molar-refractivity contribution < 1.29 is 18.5 Å². The van der Waals surface area contributed by atoms with E-state index in [1.165, 1.54) is 6.26 Å². The number of furan rings is 1. The van der Waals surface area contributed by atoms with Gasteiger partial charge in [0.25, 0.3) is 5.91 Å². The third-order valence-corrected chi connectivity index (χ3v) is 3.69. The quantitative estimate of drug-likeness (QED) is 0.752. The second kappa shape index (κ2) is 7.04. The van der Waals surface area contributed by atoms with E-state index in [1.54, 1.807) is 26.2 Å². The number of amides is 1. The zero-order valence-electron chi connectivity index (χ0n) is 13.5. The Balaban J connectivity index is 1.64. The second-order valence-electron chi connectivity index (χ2n) is 5.30. The summed E-state index contributed by atoms with van der Waals surface area (Å²) in [6, 6.07) is 11.2. The first-order chi connectivity index (χ1) is 11.7. The summed E-state index contributed by atoms with van der Waals surface area (Å²) in [4.78, 5) is 12.5. The molecule has 1 N–H and O–H groups in total. The first-order valence-corrected chi connectivity index (χ1v) is 7.60. The number of ether oxygens (including phenoxy) is 1. The number of hydrogen-bond acceptors (Lipinski definition) is 5. The summed E-state index contributed by atoms with van der Waals surface area (Å²) in [5.74, 6) is 1.41. The Labute approximate surface area is 139 Å². The molecular formula is C18H18N2O4. The van der Waals surface area contributed by atoms with E-state index in [9.17, 15) is 4.79 Å². The van der Waals surface area contributed by atoms with E-state index in [-0.39, 0.29) is 5.91 Å². The topological polar surface area (TPSA) is 77.5 Å². The average molecular weight is 326 g/mol. The van der Waals surface area contributed by atoms with Crippen molar-refractivity contribution in [3.8, 4) is 17.3 Å². The number of methoxy groups -OCH3 is 1. The fourth-order valence-electron chi connectivity index (χ4n) is 2.41. The van der Waals surface area contributed by atoms with Crippen molar-refractivity contribution in [2.24, 2.45) is 0 Å². The van der Waals surface area contributed by atoms with Gasteiger partial charge in [0.15, 0.2) is 5.76 Å². The van der Waals surface area contributed by atoms with Gasteiger partial charge in [-0.15, -0.1) is 0 Å². The van der Waals surface area contributed by atoms with Crippen LogP contribution in [0.4, 0.5) is 0 Å². The van der Waals surface area contributed by atoms with Crippen molar-refractivity contribution >= 4 is 5.91 Å². The van der Waals surface area contributed by atoms with Gasteiger partial charge in [0.1, 0.15) is 11.3 Å². The van der Waals surface area contributed by atoms with Gasteiger partial charge >= 0.3 is 0 Å². The molecule has 0 aliphatic carbocycles. The lowest BCUT2D eigenvalue weighted by molar-refractivity contribution is 0.0953. The normalized spacial score (nSPS) is 10.6. The second-order valence-corrected chi connectivity index (χ2v) is 5.30.